The quantitative estimate of drug-likeness (QED) is 0.798. The number of hydrogen-bond donors (Lipinski definition) is 2. The van der Waals surface area contributed by atoms with Gasteiger partial charge in [-0.1, -0.05) is 6.92 Å². The first kappa shape index (κ1) is 12.0. The van der Waals surface area contributed by atoms with E-state index in [0.717, 1.165) is 37.9 Å². The Morgan fingerprint density at radius 2 is 1.94 bits per heavy atom. The van der Waals surface area contributed by atoms with E-state index in [1.165, 1.54) is 24.1 Å². The summed E-state index contributed by atoms with van der Waals surface area (Å²) in [6.07, 6.45) is 5.69. The molecule has 18 heavy (non-hydrogen) atoms. The van der Waals surface area contributed by atoms with Gasteiger partial charge in [-0.05, 0) is 68.7 Å². The van der Waals surface area contributed by atoms with Crippen LogP contribution >= 0.6 is 0 Å². The lowest BCUT2D eigenvalue weighted by Crippen LogP contribution is -2.30. The highest BCUT2D eigenvalue weighted by atomic mass is 16.1. The first-order chi connectivity index (χ1) is 8.75. The summed E-state index contributed by atoms with van der Waals surface area (Å²) in [5.41, 5.74) is 3.78. The Balaban J connectivity index is 1.99. The highest BCUT2D eigenvalue weighted by Crippen LogP contribution is 2.32. The highest BCUT2D eigenvalue weighted by molar-refractivity contribution is 5.32. The van der Waals surface area contributed by atoms with Crippen LogP contribution in [0.3, 0.4) is 0 Å². The Morgan fingerprint density at radius 1 is 1.17 bits per heavy atom. The lowest BCUT2D eigenvalue weighted by Gasteiger charge is -2.26. The van der Waals surface area contributed by atoms with E-state index >= 15 is 0 Å². The van der Waals surface area contributed by atoms with Crippen LogP contribution in [0.2, 0.25) is 0 Å². The summed E-state index contributed by atoms with van der Waals surface area (Å²) in [4.78, 5) is 15.4. The van der Waals surface area contributed by atoms with E-state index in [9.17, 15) is 4.79 Å². The topological polar surface area (TPSA) is 44.9 Å². The Labute approximate surface area is 108 Å². The van der Waals surface area contributed by atoms with Crippen LogP contribution in [-0.4, -0.2) is 18.1 Å². The van der Waals surface area contributed by atoms with Gasteiger partial charge in [0.25, 0.3) is 5.56 Å². The number of nitrogens with one attached hydrogen (secondary N) is 2. The van der Waals surface area contributed by atoms with E-state index in [2.05, 4.69) is 23.3 Å². The molecule has 1 aliphatic heterocycles. The van der Waals surface area contributed by atoms with Crippen molar-refractivity contribution in [3.8, 4) is 0 Å². The van der Waals surface area contributed by atoms with Gasteiger partial charge in [0.2, 0.25) is 0 Å². The van der Waals surface area contributed by atoms with Crippen molar-refractivity contribution in [3.05, 3.63) is 33.2 Å². The zero-order valence-electron chi connectivity index (χ0n) is 11.1. The molecule has 2 aliphatic rings. The highest BCUT2D eigenvalue weighted by Gasteiger charge is 2.23. The second-order valence-electron chi connectivity index (χ2n) is 5.81. The van der Waals surface area contributed by atoms with E-state index in [4.69, 9.17) is 0 Å². The Bertz CT molecular complexity index is 486. The van der Waals surface area contributed by atoms with Crippen molar-refractivity contribution in [1.82, 2.24) is 10.3 Å². The zero-order chi connectivity index (χ0) is 12.5. The van der Waals surface area contributed by atoms with Gasteiger partial charge in [0.05, 0.1) is 0 Å². The summed E-state index contributed by atoms with van der Waals surface area (Å²) in [6.45, 7) is 4.36. The molecule has 2 N–H and O–H groups in total. The van der Waals surface area contributed by atoms with Crippen molar-refractivity contribution < 1.29 is 0 Å². The fourth-order valence-electron chi connectivity index (χ4n) is 3.42. The molecule has 1 fully saturated rings. The van der Waals surface area contributed by atoms with Crippen LogP contribution in [0.4, 0.5) is 0 Å². The SMILES string of the molecule is CC1CCCc2[nH]c(=O)c(C3CCNCC3)cc21. The average Bonchev–Trinajstić information content (AvgIpc) is 2.39. The van der Waals surface area contributed by atoms with Crippen molar-refractivity contribution >= 4 is 0 Å². The summed E-state index contributed by atoms with van der Waals surface area (Å²) < 4.78 is 0. The summed E-state index contributed by atoms with van der Waals surface area (Å²) in [6, 6.07) is 2.22. The molecule has 0 amide bonds. The maximum absolute atomic E-state index is 12.2. The summed E-state index contributed by atoms with van der Waals surface area (Å²) in [5, 5.41) is 3.36. The maximum Gasteiger partial charge on any atom is 0.251 e. The predicted octanol–water partition coefficient (Wildman–Crippen LogP) is 2.28. The maximum atomic E-state index is 12.2. The molecule has 98 valence electrons. The number of rotatable bonds is 1. The van der Waals surface area contributed by atoms with Crippen molar-refractivity contribution in [2.45, 2.75) is 50.9 Å². The Kier molecular flexibility index (Phi) is 3.25. The molecular formula is C15H22N2O. The first-order valence-electron chi connectivity index (χ1n) is 7.22. The number of aromatic amines is 1. The van der Waals surface area contributed by atoms with Crippen molar-refractivity contribution in [1.29, 1.82) is 0 Å². The van der Waals surface area contributed by atoms with Crippen LogP contribution in [0.15, 0.2) is 10.9 Å². The molecule has 0 radical (unpaired) electrons. The van der Waals surface area contributed by atoms with Crippen molar-refractivity contribution in [2.24, 2.45) is 0 Å². The molecule has 3 nitrogen and oxygen atoms in total. The smallest absolute Gasteiger partial charge is 0.251 e. The van der Waals surface area contributed by atoms with E-state index in [1.807, 2.05) is 0 Å². The third-order valence-corrected chi connectivity index (χ3v) is 4.56. The number of aryl methyl sites for hydroxylation is 1. The number of piperidine rings is 1. The summed E-state index contributed by atoms with van der Waals surface area (Å²) in [7, 11) is 0. The van der Waals surface area contributed by atoms with Crippen molar-refractivity contribution in [3.63, 3.8) is 0 Å². The van der Waals surface area contributed by atoms with Crippen LogP contribution in [0.1, 0.15) is 61.3 Å². The van der Waals surface area contributed by atoms with E-state index in [1.54, 1.807) is 0 Å². The molecule has 0 aromatic carbocycles. The number of H-pyrrole nitrogens is 1. The van der Waals surface area contributed by atoms with Gasteiger partial charge in [-0.15, -0.1) is 0 Å². The van der Waals surface area contributed by atoms with Gasteiger partial charge in [0.15, 0.2) is 0 Å². The second-order valence-corrected chi connectivity index (χ2v) is 5.81. The molecule has 1 saturated heterocycles. The molecule has 1 unspecified atom stereocenters. The third kappa shape index (κ3) is 2.12. The molecule has 0 spiro atoms. The molecule has 1 aliphatic carbocycles. The first-order valence-corrected chi connectivity index (χ1v) is 7.22. The van der Waals surface area contributed by atoms with Gasteiger partial charge < -0.3 is 10.3 Å². The van der Waals surface area contributed by atoms with Gasteiger partial charge in [-0.3, -0.25) is 4.79 Å². The van der Waals surface area contributed by atoms with E-state index in [0.29, 0.717) is 11.8 Å². The predicted molar refractivity (Wildman–Crippen MR) is 73.3 cm³/mol. The second kappa shape index (κ2) is 4.88. The minimum absolute atomic E-state index is 0.162. The summed E-state index contributed by atoms with van der Waals surface area (Å²) >= 11 is 0. The minimum Gasteiger partial charge on any atom is -0.326 e. The Hall–Kier alpha value is -1.09. The fourth-order valence-corrected chi connectivity index (χ4v) is 3.42. The van der Waals surface area contributed by atoms with Crippen LogP contribution in [0.25, 0.3) is 0 Å². The normalized spacial score (nSPS) is 24.8. The minimum atomic E-state index is 0.162. The molecule has 1 atom stereocenters. The van der Waals surface area contributed by atoms with Crippen LogP contribution in [0, 0.1) is 0 Å². The standard InChI is InChI=1S/C15H22N2O/c1-10-3-2-4-14-12(10)9-13(15(18)17-14)11-5-7-16-8-6-11/h9-11,16H,2-8H2,1H3,(H,17,18). The van der Waals surface area contributed by atoms with E-state index in [-0.39, 0.29) is 5.56 Å². The third-order valence-electron chi connectivity index (χ3n) is 4.56. The van der Waals surface area contributed by atoms with Crippen molar-refractivity contribution in [2.75, 3.05) is 13.1 Å². The van der Waals surface area contributed by atoms with Crippen LogP contribution < -0.4 is 10.9 Å². The van der Waals surface area contributed by atoms with E-state index < -0.39 is 0 Å². The molecule has 3 rings (SSSR count). The number of hydrogen-bond acceptors (Lipinski definition) is 2. The number of aromatic nitrogens is 1. The molecule has 0 bridgehead atoms. The van der Waals surface area contributed by atoms with Crippen LogP contribution in [0.5, 0.6) is 0 Å². The van der Waals surface area contributed by atoms with Gasteiger partial charge in [-0.25, -0.2) is 0 Å². The van der Waals surface area contributed by atoms with Gasteiger partial charge >= 0.3 is 0 Å². The monoisotopic (exact) mass is 246 g/mol. The molecule has 3 heteroatoms. The molecule has 0 saturated carbocycles. The molecular weight excluding hydrogens is 224 g/mol. The Morgan fingerprint density at radius 3 is 2.72 bits per heavy atom. The zero-order valence-corrected chi connectivity index (χ0v) is 11.1. The van der Waals surface area contributed by atoms with Gasteiger partial charge in [-0.2, -0.15) is 0 Å². The number of fused-ring (bicyclic) bond motifs is 1. The average molecular weight is 246 g/mol. The van der Waals surface area contributed by atoms with Gasteiger partial charge in [0.1, 0.15) is 0 Å². The van der Waals surface area contributed by atoms with Crippen LogP contribution in [-0.2, 0) is 6.42 Å². The molecule has 2 heterocycles. The number of pyridine rings is 1. The molecule has 1 aromatic heterocycles. The lowest BCUT2D eigenvalue weighted by molar-refractivity contribution is 0.455. The largest absolute Gasteiger partial charge is 0.326 e. The summed E-state index contributed by atoms with van der Waals surface area (Å²) in [5.74, 6) is 1.06. The lowest BCUT2D eigenvalue weighted by atomic mass is 9.83. The molecule has 1 aromatic rings. The van der Waals surface area contributed by atoms with Gasteiger partial charge in [0, 0.05) is 11.3 Å². The fraction of sp³-hybridized carbons (Fsp3) is 0.667.